The standard InChI is InChI=1S/C16H17N3O5.C6H3Cl2FS.CH4O/c20-15(21)11-8-19(18-17-11)12-6-7-22-13-9-23-16(24-14(12)13)10-4-2-1-3-5-10;7-5-2-1-4(10-9)3-6(5)8;1-2/h1-5,8,12-14,16H,6-7,9H2,(H,20,21);1-3H;2H,1H3. The van der Waals surface area contributed by atoms with Crippen LogP contribution in [0.25, 0.3) is 0 Å². The van der Waals surface area contributed by atoms with Crippen molar-refractivity contribution >= 4 is 41.3 Å². The first-order chi connectivity index (χ1) is 17.5. The number of carboxylic acids is 1. The molecule has 9 nitrogen and oxygen atoms in total. The summed E-state index contributed by atoms with van der Waals surface area (Å²) in [6.07, 6.45) is 1.15. The van der Waals surface area contributed by atoms with Crippen LogP contribution in [0.3, 0.4) is 0 Å². The number of rotatable bonds is 4. The SMILES string of the molecule is CO.FSc1ccc(Cl)c(Cl)c1.O=C(O)c1cn(C2CCOC3COC(c4ccccc4)OC32)nn1. The summed E-state index contributed by atoms with van der Waals surface area (Å²) >= 11 is 11.3. The van der Waals surface area contributed by atoms with Crippen LogP contribution in [0.5, 0.6) is 0 Å². The highest BCUT2D eigenvalue weighted by Gasteiger charge is 2.42. The topological polar surface area (TPSA) is 116 Å². The van der Waals surface area contributed by atoms with Gasteiger partial charge in [0.2, 0.25) is 0 Å². The summed E-state index contributed by atoms with van der Waals surface area (Å²) in [5, 5.41) is 24.5. The van der Waals surface area contributed by atoms with Crippen molar-refractivity contribution in [3.05, 3.63) is 76.0 Å². The van der Waals surface area contributed by atoms with Gasteiger partial charge in [-0.15, -0.1) is 5.10 Å². The molecule has 194 valence electrons. The number of aromatic carboxylic acids is 1. The molecule has 0 spiro atoms. The van der Waals surface area contributed by atoms with Crippen molar-refractivity contribution in [3.63, 3.8) is 0 Å². The van der Waals surface area contributed by atoms with Crippen molar-refractivity contribution in [2.24, 2.45) is 0 Å². The third-order valence-corrected chi connectivity index (χ3v) is 6.48. The summed E-state index contributed by atoms with van der Waals surface area (Å²) in [5.74, 6) is -1.10. The molecule has 0 radical (unpaired) electrons. The van der Waals surface area contributed by atoms with E-state index in [0.29, 0.717) is 34.6 Å². The monoisotopic (exact) mass is 559 g/mol. The number of carboxylic acid groups (broad SMARTS) is 1. The second kappa shape index (κ2) is 13.9. The Morgan fingerprint density at radius 3 is 2.53 bits per heavy atom. The molecule has 2 N–H and O–H groups in total. The van der Waals surface area contributed by atoms with E-state index in [4.69, 9.17) is 47.6 Å². The Hall–Kier alpha value is -2.25. The predicted molar refractivity (Wildman–Crippen MR) is 132 cm³/mol. The summed E-state index contributed by atoms with van der Waals surface area (Å²) in [6.45, 7) is 0.956. The van der Waals surface area contributed by atoms with E-state index < -0.39 is 12.3 Å². The van der Waals surface area contributed by atoms with E-state index in [9.17, 15) is 8.68 Å². The van der Waals surface area contributed by atoms with Gasteiger partial charge in [0.05, 0.1) is 41.0 Å². The van der Waals surface area contributed by atoms with Gasteiger partial charge in [-0.25, -0.2) is 9.48 Å². The van der Waals surface area contributed by atoms with Gasteiger partial charge in [0.15, 0.2) is 12.0 Å². The van der Waals surface area contributed by atoms with E-state index in [-0.39, 0.29) is 36.1 Å². The highest BCUT2D eigenvalue weighted by Crippen LogP contribution is 2.36. The summed E-state index contributed by atoms with van der Waals surface area (Å²) < 4.78 is 31.1. The average Bonchev–Trinajstić information content (AvgIpc) is 3.42. The van der Waals surface area contributed by atoms with Crippen LogP contribution in [0, 0.1) is 0 Å². The lowest BCUT2D eigenvalue weighted by atomic mass is 9.98. The molecule has 0 aliphatic carbocycles. The first kappa shape index (κ1) is 28.3. The van der Waals surface area contributed by atoms with E-state index in [2.05, 4.69) is 10.3 Å². The van der Waals surface area contributed by atoms with Crippen LogP contribution in [0.4, 0.5) is 3.89 Å². The van der Waals surface area contributed by atoms with Gasteiger partial charge in [-0.05, 0) is 24.6 Å². The Morgan fingerprint density at radius 1 is 1.14 bits per heavy atom. The number of aromatic nitrogens is 3. The highest BCUT2D eigenvalue weighted by atomic mass is 35.5. The molecule has 2 fully saturated rings. The van der Waals surface area contributed by atoms with Gasteiger partial charge in [-0.1, -0.05) is 58.7 Å². The Kier molecular flexibility index (Phi) is 10.9. The molecule has 3 heterocycles. The van der Waals surface area contributed by atoms with Gasteiger partial charge in [0, 0.05) is 24.2 Å². The first-order valence-corrected chi connectivity index (χ1v) is 12.2. The molecule has 5 rings (SSSR count). The minimum atomic E-state index is -1.10. The Balaban J connectivity index is 0.000000253. The van der Waals surface area contributed by atoms with Gasteiger partial charge in [0.1, 0.15) is 12.2 Å². The molecular formula is C23H24Cl2FN3O6S. The van der Waals surface area contributed by atoms with Crippen LogP contribution in [-0.2, 0) is 14.2 Å². The maximum atomic E-state index is 11.9. The number of aliphatic hydroxyl groups is 1. The normalized spacial score (nSPS) is 22.8. The van der Waals surface area contributed by atoms with Crippen molar-refractivity contribution in [2.75, 3.05) is 20.3 Å². The number of fused-ring (bicyclic) bond motifs is 1. The van der Waals surface area contributed by atoms with Crippen LogP contribution >= 0.6 is 35.3 Å². The molecule has 1 aromatic heterocycles. The number of halogens is 3. The molecule has 0 saturated carbocycles. The summed E-state index contributed by atoms with van der Waals surface area (Å²) in [6, 6.07) is 14.2. The lowest BCUT2D eigenvalue weighted by Crippen LogP contribution is -2.50. The van der Waals surface area contributed by atoms with E-state index >= 15 is 0 Å². The van der Waals surface area contributed by atoms with Crippen molar-refractivity contribution in [3.8, 4) is 0 Å². The maximum Gasteiger partial charge on any atom is 0.358 e. The number of hydrogen-bond acceptors (Lipinski definition) is 8. The van der Waals surface area contributed by atoms with E-state index in [1.54, 1.807) is 16.8 Å². The second-order valence-corrected chi connectivity index (χ2v) is 8.92. The molecular weight excluding hydrogens is 536 g/mol. The fourth-order valence-electron chi connectivity index (χ4n) is 3.66. The van der Waals surface area contributed by atoms with Crippen LogP contribution < -0.4 is 0 Å². The van der Waals surface area contributed by atoms with Gasteiger partial charge >= 0.3 is 5.97 Å². The molecule has 3 aromatic rings. The van der Waals surface area contributed by atoms with Crippen molar-refractivity contribution in [1.29, 1.82) is 0 Å². The number of benzene rings is 2. The average molecular weight is 560 g/mol. The van der Waals surface area contributed by atoms with Crippen LogP contribution in [0.15, 0.2) is 59.6 Å². The molecule has 2 aliphatic rings. The fraction of sp³-hybridized carbons (Fsp3) is 0.348. The van der Waals surface area contributed by atoms with Crippen molar-refractivity contribution < 1.29 is 33.1 Å². The molecule has 2 aromatic carbocycles. The largest absolute Gasteiger partial charge is 0.476 e. The minimum absolute atomic E-state index is 0.0790. The number of aliphatic hydroxyl groups excluding tert-OH is 1. The predicted octanol–water partition coefficient (Wildman–Crippen LogP) is 5.00. The van der Waals surface area contributed by atoms with Crippen LogP contribution in [0.1, 0.15) is 34.8 Å². The zero-order chi connectivity index (χ0) is 26.1. The zero-order valence-corrected chi connectivity index (χ0v) is 21.4. The van der Waals surface area contributed by atoms with E-state index in [1.807, 2.05) is 30.3 Å². The zero-order valence-electron chi connectivity index (χ0n) is 19.0. The smallest absolute Gasteiger partial charge is 0.358 e. The molecule has 4 atom stereocenters. The number of nitrogens with zero attached hydrogens (tertiary/aromatic N) is 3. The molecule has 36 heavy (non-hydrogen) atoms. The number of ether oxygens (including phenoxy) is 3. The summed E-state index contributed by atoms with van der Waals surface area (Å²) in [4.78, 5) is 11.5. The van der Waals surface area contributed by atoms with Gasteiger partial charge in [-0.3, -0.25) is 0 Å². The Morgan fingerprint density at radius 2 is 1.89 bits per heavy atom. The number of carbonyl (C=O) groups is 1. The van der Waals surface area contributed by atoms with Crippen LogP contribution in [-0.4, -0.2) is 63.7 Å². The van der Waals surface area contributed by atoms with Gasteiger partial charge in [-0.2, -0.15) is 3.89 Å². The fourth-order valence-corrected chi connectivity index (χ4v) is 4.31. The van der Waals surface area contributed by atoms with Crippen LogP contribution in [0.2, 0.25) is 10.0 Å². The lowest BCUT2D eigenvalue weighted by Gasteiger charge is -2.43. The summed E-state index contributed by atoms with van der Waals surface area (Å²) in [7, 11) is 1.00. The Bertz CT molecular complexity index is 1130. The second-order valence-electron chi connectivity index (χ2n) is 7.48. The molecule has 2 saturated heterocycles. The first-order valence-electron chi connectivity index (χ1n) is 10.7. The van der Waals surface area contributed by atoms with E-state index in [0.717, 1.165) is 12.7 Å². The minimum Gasteiger partial charge on any atom is -0.476 e. The van der Waals surface area contributed by atoms with Crippen molar-refractivity contribution in [2.45, 2.75) is 35.9 Å². The van der Waals surface area contributed by atoms with Crippen molar-refractivity contribution in [1.82, 2.24) is 15.0 Å². The van der Waals surface area contributed by atoms with Gasteiger partial charge < -0.3 is 24.4 Å². The lowest BCUT2D eigenvalue weighted by molar-refractivity contribution is -0.289. The van der Waals surface area contributed by atoms with Gasteiger partial charge in [0.25, 0.3) is 0 Å². The third-order valence-electron chi connectivity index (χ3n) is 5.30. The quantitative estimate of drug-likeness (QED) is 0.455. The van der Waals surface area contributed by atoms with E-state index in [1.165, 1.54) is 12.3 Å². The molecule has 2 aliphatic heterocycles. The molecule has 0 amide bonds. The molecule has 0 bridgehead atoms. The molecule has 13 heteroatoms. The third kappa shape index (κ3) is 7.16. The highest BCUT2D eigenvalue weighted by molar-refractivity contribution is 7.94. The maximum absolute atomic E-state index is 11.9. The summed E-state index contributed by atoms with van der Waals surface area (Å²) in [5.41, 5.74) is 0.856. The molecule has 4 unspecified atom stereocenters. The number of hydrogen-bond donors (Lipinski definition) is 2. The Labute approximate surface area is 221 Å².